The van der Waals surface area contributed by atoms with Crippen molar-refractivity contribution in [1.29, 1.82) is 0 Å². The largest absolute Gasteiger partial charge is 0.355 e. The number of hydrogen-bond donors (Lipinski definition) is 1. The lowest BCUT2D eigenvalue weighted by molar-refractivity contribution is 0.600. The van der Waals surface area contributed by atoms with Crippen molar-refractivity contribution in [3.8, 4) is 0 Å². The molecule has 0 saturated carbocycles. The minimum atomic E-state index is -2.95. The maximum atomic E-state index is 13.7. The minimum absolute atomic E-state index is 0.0689. The summed E-state index contributed by atoms with van der Waals surface area (Å²) in [6.07, 6.45) is 1.13. The summed E-state index contributed by atoms with van der Waals surface area (Å²) in [6.45, 7) is 2.37. The molecule has 1 unspecified atom stereocenters. The van der Waals surface area contributed by atoms with Crippen molar-refractivity contribution < 1.29 is 12.8 Å². The number of hydrogen-bond acceptors (Lipinski definition) is 6. The summed E-state index contributed by atoms with van der Waals surface area (Å²) in [5, 5.41) is 3.13. The average molecular weight is 378 g/mol. The predicted molar refractivity (Wildman–Crippen MR) is 101 cm³/mol. The molecule has 0 aliphatic carbocycles. The number of benzene rings is 1. The molecule has 2 aromatic rings. The van der Waals surface area contributed by atoms with Crippen LogP contribution in [0.3, 0.4) is 0 Å². The van der Waals surface area contributed by atoms with Crippen LogP contribution in [0.1, 0.15) is 17.7 Å². The molecule has 1 aromatic carbocycles. The smallest absolute Gasteiger partial charge is 0.224 e. The highest BCUT2D eigenvalue weighted by molar-refractivity contribution is 7.91. The number of anilines is 2. The number of halogens is 1. The quantitative estimate of drug-likeness (QED) is 0.831. The van der Waals surface area contributed by atoms with Crippen molar-refractivity contribution in [2.75, 3.05) is 35.3 Å². The number of nitrogens with one attached hydrogen (secondary N) is 1. The number of nitrogens with zero attached hydrogens (tertiary/aromatic N) is 3. The van der Waals surface area contributed by atoms with Gasteiger partial charge in [-0.1, -0.05) is 18.2 Å². The van der Waals surface area contributed by atoms with Gasteiger partial charge in [-0.15, -0.1) is 0 Å². The summed E-state index contributed by atoms with van der Waals surface area (Å²) in [7, 11) is -1.10. The van der Waals surface area contributed by atoms with Crippen molar-refractivity contribution >= 4 is 21.6 Å². The second-order valence-corrected chi connectivity index (χ2v) is 8.86. The highest BCUT2D eigenvalue weighted by atomic mass is 32.2. The van der Waals surface area contributed by atoms with E-state index >= 15 is 0 Å². The first kappa shape index (κ1) is 18.6. The maximum Gasteiger partial charge on any atom is 0.224 e. The van der Waals surface area contributed by atoms with Gasteiger partial charge >= 0.3 is 0 Å². The Morgan fingerprint density at radius 1 is 1.31 bits per heavy atom. The highest BCUT2D eigenvalue weighted by Gasteiger charge is 2.31. The van der Waals surface area contributed by atoms with Gasteiger partial charge < -0.3 is 10.2 Å². The van der Waals surface area contributed by atoms with Crippen LogP contribution < -0.4 is 10.2 Å². The van der Waals surface area contributed by atoms with Crippen LogP contribution in [-0.2, 0) is 16.3 Å². The molecule has 6 nitrogen and oxygen atoms in total. The van der Waals surface area contributed by atoms with E-state index < -0.39 is 9.84 Å². The molecule has 0 bridgehead atoms. The number of rotatable bonds is 6. The first-order valence-corrected chi connectivity index (χ1v) is 10.4. The van der Waals surface area contributed by atoms with Crippen LogP contribution in [0.5, 0.6) is 0 Å². The van der Waals surface area contributed by atoms with Crippen LogP contribution in [-0.4, -0.2) is 49.5 Å². The molecule has 2 heterocycles. The van der Waals surface area contributed by atoms with Crippen molar-refractivity contribution in [1.82, 2.24) is 9.97 Å². The van der Waals surface area contributed by atoms with Gasteiger partial charge in [-0.05, 0) is 31.4 Å². The second-order valence-electron chi connectivity index (χ2n) is 6.63. The molecule has 1 fully saturated rings. The molecule has 1 atom stereocenters. The van der Waals surface area contributed by atoms with Gasteiger partial charge in [0.25, 0.3) is 0 Å². The lowest BCUT2D eigenvalue weighted by Crippen LogP contribution is -2.33. The molecule has 26 heavy (non-hydrogen) atoms. The van der Waals surface area contributed by atoms with Gasteiger partial charge in [-0.2, -0.15) is 4.98 Å². The predicted octanol–water partition coefficient (Wildman–Crippen LogP) is 2.20. The zero-order valence-corrected chi connectivity index (χ0v) is 15.8. The molecule has 8 heteroatoms. The van der Waals surface area contributed by atoms with E-state index in [4.69, 9.17) is 0 Å². The summed E-state index contributed by atoms with van der Waals surface area (Å²) in [5.41, 5.74) is 1.43. The fraction of sp³-hybridized carbons (Fsp3) is 0.444. The molecule has 1 aliphatic rings. The lowest BCUT2D eigenvalue weighted by Gasteiger charge is -2.25. The standard InChI is InChI=1S/C18H23FN4O2S/c1-13-11-17(23(2)15-8-10-26(24,25)12-15)22-18(21-13)20-9-7-14-5-3-4-6-16(14)19/h3-6,11,15H,7-10,12H2,1-2H3,(H,20,21,22). The van der Waals surface area contributed by atoms with Gasteiger partial charge in [0.15, 0.2) is 9.84 Å². The summed E-state index contributed by atoms with van der Waals surface area (Å²) in [4.78, 5) is 10.8. The molecule has 3 rings (SSSR count). The van der Waals surface area contributed by atoms with E-state index in [2.05, 4.69) is 15.3 Å². The van der Waals surface area contributed by atoms with Gasteiger partial charge in [-0.25, -0.2) is 17.8 Å². The lowest BCUT2D eigenvalue weighted by atomic mass is 10.1. The third-order valence-electron chi connectivity index (χ3n) is 4.59. The number of aryl methyl sites for hydroxylation is 1. The van der Waals surface area contributed by atoms with Gasteiger partial charge in [0.2, 0.25) is 5.95 Å². The van der Waals surface area contributed by atoms with E-state index in [0.717, 1.165) is 5.69 Å². The SMILES string of the molecule is Cc1cc(N(C)C2CCS(=O)(=O)C2)nc(NCCc2ccccc2F)n1. The topological polar surface area (TPSA) is 75.2 Å². The first-order valence-electron chi connectivity index (χ1n) is 8.60. The van der Waals surface area contributed by atoms with E-state index in [1.54, 1.807) is 12.1 Å². The molecule has 0 amide bonds. The Hall–Kier alpha value is -2.22. The molecule has 1 saturated heterocycles. The monoisotopic (exact) mass is 378 g/mol. The van der Waals surface area contributed by atoms with E-state index in [9.17, 15) is 12.8 Å². The summed E-state index contributed by atoms with van der Waals surface area (Å²) in [6, 6.07) is 8.45. The third kappa shape index (κ3) is 4.49. The van der Waals surface area contributed by atoms with Gasteiger partial charge in [0.1, 0.15) is 11.6 Å². The van der Waals surface area contributed by atoms with Crippen molar-refractivity contribution in [2.45, 2.75) is 25.8 Å². The van der Waals surface area contributed by atoms with Crippen LogP contribution in [0.25, 0.3) is 0 Å². The van der Waals surface area contributed by atoms with Gasteiger partial charge in [0.05, 0.1) is 11.5 Å². The third-order valence-corrected chi connectivity index (χ3v) is 6.34. The Kier molecular flexibility index (Phi) is 5.41. The second kappa shape index (κ2) is 7.57. The highest BCUT2D eigenvalue weighted by Crippen LogP contribution is 2.22. The van der Waals surface area contributed by atoms with Crippen molar-refractivity contribution in [3.05, 3.63) is 47.4 Å². The Morgan fingerprint density at radius 2 is 2.08 bits per heavy atom. The number of sulfone groups is 1. The summed E-state index contributed by atoms with van der Waals surface area (Å²) < 4.78 is 37.1. The molecule has 1 aromatic heterocycles. The minimum Gasteiger partial charge on any atom is -0.355 e. The Balaban J connectivity index is 1.67. The maximum absolute atomic E-state index is 13.7. The van der Waals surface area contributed by atoms with Crippen molar-refractivity contribution in [3.63, 3.8) is 0 Å². The molecular formula is C18H23FN4O2S. The fourth-order valence-corrected chi connectivity index (χ4v) is 4.86. The molecule has 0 radical (unpaired) electrons. The Labute approximate surface area is 153 Å². The van der Waals surface area contributed by atoms with E-state index in [-0.39, 0.29) is 23.4 Å². The van der Waals surface area contributed by atoms with E-state index in [0.29, 0.717) is 36.7 Å². The molecular weight excluding hydrogens is 355 g/mol. The Morgan fingerprint density at radius 3 is 2.77 bits per heavy atom. The molecule has 0 spiro atoms. The van der Waals surface area contributed by atoms with Crippen LogP contribution >= 0.6 is 0 Å². The van der Waals surface area contributed by atoms with Crippen LogP contribution in [0, 0.1) is 12.7 Å². The van der Waals surface area contributed by atoms with Crippen LogP contribution in [0.2, 0.25) is 0 Å². The fourth-order valence-electron chi connectivity index (χ4n) is 3.09. The molecule has 1 aliphatic heterocycles. The van der Waals surface area contributed by atoms with Crippen LogP contribution in [0.15, 0.2) is 30.3 Å². The normalized spacial score (nSPS) is 18.7. The first-order chi connectivity index (χ1) is 12.3. The molecule has 1 N–H and O–H groups in total. The van der Waals surface area contributed by atoms with E-state index in [1.165, 1.54) is 6.07 Å². The van der Waals surface area contributed by atoms with E-state index in [1.807, 2.05) is 31.0 Å². The zero-order valence-electron chi connectivity index (χ0n) is 14.9. The summed E-state index contributed by atoms with van der Waals surface area (Å²) in [5.74, 6) is 1.31. The molecule has 140 valence electrons. The zero-order chi connectivity index (χ0) is 18.7. The van der Waals surface area contributed by atoms with Gasteiger partial charge in [-0.3, -0.25) is 0 Å². The van der Waals surface area contributed by atoms with Gasteiger partial charge in [0, 0.05) is 31.4 Å². The Bertz CT molecular complexity index is 889. The summed E-state index contributed by atoms with van der Waals surface area (Å²) >= 11 is 0. The van der Waals surface area contributed by atoms with Crippen LogP contribution in [0.4, 0.5) is 16.2 Å². The number of aromatic nitrogens is 2. The van der Waals surface area contributed by atoms with Crippen molar-refractivity contribution in [2.24, 2.45) is 0 Å². The average Bonchev–Trinajstić information content (AvgIpc) is 2.95.